The minimum atomic E-state index is -0.418. The molecule has 1 aliphatic rings. The first-order chi connectivity index (χ1) is 8.61. The van der Waals surface area contributed by atoms with E-state index in [2.05, 4.69) is 39.9 Å². The van der Waals surface area contributed by atoms with Gasteiger partial charge in [-0.05, 0) is 43.4 Å². The molecule has 0 amide bonds. The molecule has 0 aromatic heterocycles. The summed E-state index contributed by atoms with van der Waals surface area (Å²) in [4.78, 5) is 2.47. The van der Waals surface area contributed by atoms with Gasteiger partial charge in [0.05, 0.1) is 6.10 Å². The van der Waals surface area contributed by atoms with Gasteiger partial charge in [0.2, 0.25) is 0 Å². The average molecular weight is 312 g/mol. The molecule has 100 valence electrons. The second-order valence-corrected chi connectivity index (χ2v) is 6.10. The van der Waals surface area contributed by atoms with E-state index in [1.165, 1.54) is 24.9 Å². The SMILES string of the molecule is CCC1CCCN(c2ccc(C(C)O)c(Br)c2)C1. The topological polar surface area (TPSA) is 23.5 Å². The zero-order valence-electron chi connectivity index (χ0n) is 11.2. The van der Waals surface area contributed by atoms with Gasteiger partial charge in [0.15, 0.2) is 0 Å². The predicted octanol–water partition coefficient (Wildman–Crippen LogP) is 4.13. The Bertz CT molecular complexity index is 405. The zero-order valence-corrected chi connectivity index (χ0v) is 12.8. The maximum atomic E-state index is 9.64. The van der Waals surface area contributed by atoms with Gasteiger partial charge in [-0.15, -0.1) is 0 Å². The zero-order chi connectivity index (χ0) is 13.1. The average Bonchev–Trinajstić information content (AvgIpc) is 2.38. The van der Waals surface area contributed by atoms with Crippen molar-refractivity contribution in [1.82, 2.24) is 0 Å². The summed E-state index contributed by atoms with van der Waals surface area (Å²) in [5.74, 6) is 0.828. The fourth-order valence-corrected chi connectivity index (χ4v) is 3.38. The van der Waals surface area contributed by atoms with Gasteiger partial charge in [-0.25, -0.2) is 0 Å². The molecule has 18 heavy (non-hydrogen) atoms. The van der Waals surface area contributed by atoms with Crippen LogP contribution in [0.25, 0.3) is 0 Å². The summed E-state index contributed by atoms with van der Waals surface area (Å²) in [7, 11) is 0. The number of benzene rings is 1. The van der Waals surface area contributed by atoms with Crippen LogP contribution in [0.5, 0.6) is 0 Å². The predicted molar refractivity (Wildman–Crippen MR) is 80.0 cm³/mol. The van der Waals surface area contributed by atoms with Crippen LogP contribution in [0.1, 0.15) is 44.8 Å². The molecule has 2 nitrogen and oxygen atoms in total. The molecule has 1 saturated heterocycles. The summed E-state index contributed by atoms with van der Waals surface area (Å²) in [6.45, 7) is 6.39. The Morgan fingerprint density at radius 1 is 1.50 bits per heavy atom. The van der Waals surface area contributed by atoms with E-state index in [-0.39, 0.29) is 0 Å². The molecular weight excluding hydrogens is 290 g/mol. The van der Waals surface area contributed by atoms with E-state index in [9.17, 15) is 5.11 Å². The smallest absolute Gasteiger partial charge is 0.0772 e. The van der Waals surface area contributed by atoms with Crippen LogP contribution in [0, 0.1) is 5.92 Å². The quantitative estimate of drug-likeness (QED) is 0.907. The van der Waals surface area contributed by atoms with Crippen molar-refractivity contribution in [2.24, 2.45) is 5.92 Å². The first kappa shape index (κ1) is 13.9. The molecular formula is C15H22BrNO. The highest BCUT2D eigenvalue weighted by atomic mass is 79.9. The van der Waals surface area contributed by atoms with Gasteiger partial charge in [0.1, 0.15) is 0 Å². The minimum Gasteiger partial charge on any atom is -0.389 e. The second-order valence-electron chi connectivity index (χ2n) is 5.24. The Morgan fingerprint density at radius 3 is 2.89 bits per heavy atom. The molecule has 0 radical (unpaired) electrons. The van der Waals surface area contributed by atoms with Crippen LogP contribution in [0.2, 0.25) is 0 Å². The molecule has 0 aliphatic carbocycles. The Morgan fingerprint density at radius 2 is 2.28 bits per heavy atom. The first-order valence-corrected chi connectivity index (χ1v) is 7.63. The Hall–Kier alpha value is -0.540. The Labute approximate surface area is 118 Å². The molecule has 1 aliphatic heterocycles. The molecule has 0 saturated carbocycles. The lowest BCUT2D eigenvalue weighted by molar-refractivity contribution is 0.198. The molecule has 1 heterocycles. The van der Waals surface area contributed by atoms with Crippen LogP contribution in [0.15, 0.2) is 22.7 Å². The number of piperidine rings is 1. The van der Waals surface area contributed by atoms with Gasteiger partial charge >= 0.3 is 0 Å². The third-order valence-corrected chi connectivity index (χ3v) is 4.58. The number of aliphatic hydroxyl groups excluding tert-OH is 1. The van der Waals surface area contributed by atoms with Crippen molar-refractivity contribution in [3.8, 4) is 0 Å². The first-order valence-electron chi connectivity index (χ1n) is 6.84. The molecule has 1 aromatic rings. The van der Waals surface area contributed by atoms with E-state index in [0.29, 0.717) is 0 Å². The highest BCUT2D eigenvalue weighted by Crippen LogP contribution is 2.31. The maximum Gasteiger partial charge on any atom is 0.0772 e. The van der Waals surface area contributed by atoms with Crippen LogP contribution in [-0.4, -0.2) is 18.2 Å². The van der Waals surface area contributed by atoms with Gasteiger partial charge in [0, 0.05) is 23.2 Å². The number of hydrogen-bond acceptors (Lipinski definition) is 2. The van der Waals surface area contributed by atoms with E-state index in [1.807, 2.05) is 6.07 Å². The highest BCUT2D eigenvalue weighted by molar-refractivity contribution is 9.10. The van der Waals surface area contributed by atoms with Gasteiger partial charge in [0.25, 0.3) is 0 Å². The molecule has 3 heteroatoms. The van der Waals surface area contributed by atoms with Crippen molar-refractivity contribution in [2.45, 2.75) is 39.2 Å². The van der Waals surface area contributed by atoms with Gasteiger partial charge < -0.3 is 10.0 Å². The van der Waals surface area contributed by atoms with Crippen LogP contribution in [-0.2, 0) is 0 Å². The summed E-state index contributed by atoms with van der Waals surface area (Å²) < 4.78 is 1.01. The minimum absolute atomic E-state index is 0.418. The summed E-state index contributed by atoms with van der Waals surface area (Å²) in [6, 6.07) is 6.30. The van der Waals surface area contributed by atoms with Crippen LogP contribution < -0.4 is 4.90 Å². The number of nitrogens with zero attached hydrogens (tertiary/aromatic N) is 1. The molecule has 1 aromatic carbocycles. The fraction of sp³-hybridized carbons (Fsp3) is 0.600. The number of aliphatic hydroxyl groups is 1. The number of anilines is 1. The largest absolute Gasteiger partial charge is 0.389 e. The third kappa shape index (κ3) is 3.07. The molecule has 1 N–H and O–H groups in total. The molecule has 2 atom stereocenters. The number of rotatable bonds is 3. The van der Waals surface area contributed by atoms with Crippen LogP contribution in [0.4, 0.5) is 5.69 Å². The van der Waals surface area contributed by atoms with Crippen molar-refractivity contribution in [3.63, 3.8) is 0 Å². The maximum absolute atomic E-state index is 9.64. The van der Waals surface area contributed by atoms with E-state index < -0.39 is 6.10 Å². The summed E-state index contributed by atoms with van der Waals surface area (Å²) in [5, 5.41) is 9.64. The van der Waals surface area contributed by atoms with Crippen molar-refractivity contribution in [2.75, 3.05) is 18.0 Å². The Balaban J connectivity index is 2.16. The highest BCUT2D eigenvalue weighted by Gasteiger charge is 2.19. The van der Waals surface area contributed by atoms with Crippen molar-refractivity contribution in [1.29, 1.82) is 0 Å². The molecule has 1 fully saturated rings. The van der Waals surface area contributed by atoms with Gasteiger partial charge in [-0.3, -0.25) is 0 Å². The monoisotopic (exact) mass is 311 g/mol. The van der Waals surface area contributed by atoms with Crippen LogP contribution in [0.3, 0.4) is 0 Å². The van der Waals surface area contributed by atoms with E-state index >= 15 is 0 Å². The fourth-order valence-electron chi connectivity index (χ4n) is 2.68. The molecule has 2 unspecified atom stereocenters. The summed E-state index contributed by atoms with van der Waals surface area (Å²) in [5.41, 5.74) is 2.23. The number of halogens is 1. The lowest BCUT2D eigenvalue weighted by Gasteiger charge is -2.34. The summed E-state index contributed by atoms with van der Waals surface area (Å²) in [6.07, 6.45) is 3.50. The van der Waals surface area contributed by atoms with E-state index in [4.69, 9.17) is 0 Å². The van der Waals surface area contributed by atoms with Gasteiger partial charge in [-0.2, -0.15) is 0 Å². The van der Waals surface area contributed by atoms with Crippen molar-refractivity contribution < 1.29 is 5.11 Å². The van der Waals surface area contributed by atoms with Crippen molar-refractivity contribution >= 4 is 21.6 Å². The van der Waals surface area contributed by atoms with Crippen molar-refractivity contribution in [3.05, 3.63) is 28.2 Å². The lowest BCUT2D eigenvalue weighted by Crippen LogP contribution is -2.35. The molecule has 0 bridgehead atoms. The van der Waals surface area contributed by atoms with E-state index in [0.717, 1.165) is 29.0 Å². The lowest BCUT2D eigenvalue weighted by atomic mass is 9.95. The molecule has 2 rings (SSSR count). The standard InChI is InChI=1S/C15H22BrNO/c1-3-12-5-4-8-17(10-12)13-6-7-14(11(2)18)15(16)9-13/h6-7,9,11-12,18H,3-5,8,10H2,1-2H3. The van der Waals surface area contributed by atoms with Crippen LogP contribution >= 0.6 is 15.9 Å². The second kappa shape index (κ2) is 6.07. The van der Waals surface area contributed by atoms with E-state index in [1.54, 1.807) is 6.92 Å². The number of hydrogen-bond donors (Lipinski definition) is 1. The normalized spacial score (nSPS) is 22.0. The summed E-state index contributed by atoms with van der Waals surface area (Å²) >= 11 is 3.56. The van der Waals surface area contributed by atoms with Gasteiger partial charge in [-0.1, -0.05) is 35.3 Å². The third-order valence-electron chi connectivity index (χ3n) is 3.90. The molecule has 0 spiro atoms. The Kier molecular flexibility index (Phi) is 4.68.